The molecule has 0 saturated carbocycles. The minimum atomic E-state index is -3.62. The zero-order chi connectivity index (χ0) is 11.6. The first-order valence-electron chi connectivity index (χ1n) is 3.86. The van der Waals surface area contributed by atoms with Crippen molar-refractivity contribution >= 4 is 21.4 Å². The summed E-state index contributed by atoms with van der Waals surface area (Å²) in [6, 6.07) is 3.23. The number of anilines is 1. The van der Waals surface area contributed by atoms with Gasteiger partial charge in [0.05, 0.1) is 9.82 Å². The lowest BCUT2D eigenvalue weighted by molar-refractivity contribution is -0.383. The molecule has 0 aliphatic heterocycles. The van der Waals surface area contributed by atoms with E-state index in [0.717, 1.165) is 18.2 Å². The van der Waals surface area contributed by atoms with Gasteiger partial charge in [-0.1, -0.05) is 0 Å². The van der Waals surface area contributed by atoms with Crippen molar-refractivity contribution in [1.82, 2.24) is 4.72 Å². The Balaban J connectivity index is 3.30. The third-order valence-electron chi connectivity index (χ3n) is 1.77. The summed E-state index contributed by atoms with van der Waals surface area (Å²) >= 11 is 0. The van der Waals surface area contributed by atoms with E-state index in [-0.39, 0.29) is 16.3 Å². The van der Waals surface area contributed by atoms with Gasteiger partial charge in [0.15, 0.2) is 0 Å². The fourth-order valence-corrected chi connectivity index (χ4v) is 1.75. The second-order valence-electron chi connectivity index (χ2n) is 2.69. The maximum Gasteiger partial charge on any atom is 0.292 e. The summed E-state index contributed by atoms with van der Waals surface area (Å²) in [4.78, 5) is 9.63. The number of nitro groups is 1. The Hall–Kier alpha value is -1.67. The van der Waals surface area contributed by atoms with E-state index in [1.54, 1.807) is 0 Å². The average molecular weight is 231 g/mol. The SMILES string of the molecule is CNS(=O)(=O)c1ccc([N+](=O)[O-])c(N)c1. The number of benzene rings is 1. The molecule has 0 saturated heterocycles. The molecule has 0 fully saturated rings. The van der Waals surface area contributed by atoms with E-state index in [2.05, 4.69) is 4.72 Å². The summed E-state index contributed by atoms with van der Waals surface area (Å²) in [6.07, 6.45) is 0. The average Bonchev–Trinajstić information content (AvgIpc) is 2.17. The molecular formula is C7H9N3O4S. The Labute approximate surface area is 86.1 Å². The highest BCUT2D eigenvalue weighted by Gasteiger charge is 2.17. The molecule has 15 heavy (non-hydrogen) atoms. The van der Waals surface area contributed by atoms with Gasteiger partial charge in [-0.2, -0.15) is 0 Å². The van der Waals surface area contributed by atoms with E-state index < -0.39 is 14.9 Å². The molecule has 0 aromatic heterocycles. The molecule has 0 heterocycles. The fourth-order valence-electron chi connectivity index (χ4n) is 0.984. The highest BCUT2D eigenvalue weighted by Crippen LogP contribution is 2.23. The summed E-state index contributed by atoms with van der Waals surface area (Å²) < 4.78 is 24.7. The van der Waals surface area contributed by atoms with Crippen LogP contribution in [0.5, 0.6) is 0 Å². The smallest absolute Gasteiger partial charge is 0.292 e. The molecule has 0 bridgehead atoms. The lowest BCUT2D eigenvalue weighted by Gasteiger charge is -2.03. The molecular weight excluding hydrogens is 222 g/mol. The maximum atomic E-state index is 11.3. The molecule has 1 rings (SSSR count). The Morgan fingerprint density at radius 3 is 2.47 bits per heavy atom. The molecule has 0 aliphatic carbocycles. The Kier molecular flexibility index (Phi) is 2.91. The molecule has 1 aromatic carbocycles. The van der Waals surface area contributed by atoms with Crippen LogP contribution in [0, 0.1) is 10.1 Å². The number of rotatable bonds is 3. The minimum absolute atomic E-state index is 0.104. The first-order chi connectivity index (χ1) is 6.88. The van der Waals surface area contributed by atoms with Gasteiger partial charge in [-0.15, -0.1) is 0 Å². The summed E-state index contributed by atoms with van der Waals surface area (Å²) in [5, 5.41) is 10.4. The third kappa shape index (κ3) is 2.22. The van der Waals surface area contributed by atoms with Crippen molar-refractivity contribution in [2.24, 2.45) is 0 Å². The molecule has 0 amide bonds. The molecule has 3 N–H and O–H groups in total. The lowest BCUT2D eigenvalue weighted by Crippen LogP contribution is -2.18. The predicted octanol–water partition coefficient (Wildman–Crippen LogP) is 0.0851. The van der Waals surface area contributed by atoms with Crippen molar-refractivity contribution in [2.45, 2.75) is 4.90 Å². The van der Waals surface area contributed by atoms with Gasteiger partial charge in [-0.3, -0.25) is 10.1 Å². The van der Waals surface area contributed by atoms with Gasteiger partial charge in [0, 0.05) is 6.07 Å². The van der Waals surface area contributed by atoms with Gasteiger partial charge in [0.25, 0.3) is 5.69 Å². The monoisotopic (exact) mass is 231 g/mol. The van der Waals surface area contributed by atoms with Gasteiger partial charge in [-0.25, -0.2) is 13.1 Å². The highest BCUT2D eigenvalue weighted by atomic mass is 32.2. The van der Waals surface area contributed by atoms with E-state index in [0.29, 0.717) is 0 Å². The summed E-state index contributed by atoms with van der Waals surface area (Å²) in [7, 11) is -2.37. The summed E-state index contributed by atoms with van der Waals surface area (Å²) in [5.74, 6) is 0. The van der Waals surface area contributed by atoms with Gasteiger partial charge in [0.1, 0.15) is 5.69 Å². The molecule has 8 heteroatoms. The zero-order valence-corrected chi connectivity index (χ0v) is 8.61. The Morgan fingerprint density at radius 2 is 2.07 bits per heavy atom. The van der Waals surface area contributed by atoms with Crippen LogP contribution in [0.3, 0.4) is 0 Å². The maximum absolute atomic E-state index is 11.3. The van der Waals surface area contributed by atoms with Crippen LogP contribution in [0.1, 0.15) is 0 Å². The first-order valence-corrected chi connectivity index (χ1v) is 5.34. The standard InChI is InChI=1S/C7H9N3O4S/c1-9-15(13,14)5-2-3-7(10(11)12)6(8)4-5/h2-4,9H,8H2,1H3. The second-order valence-corrected chi connectivity index (χ2v) is 4.57. The van der Waals surface area contributed by atoms with E-state index >= 15 is 0 Å². The number of hydrogen-bond donors (Lipinski definition) is 2. The van der Waals surface area contributed by atoms with Crippen molar-refractivity contribution in [2.75, 3.05) is 12.8 Å². The summed E-state index contributed by atoms with van der Waals surface area (Å²) in [6.45, 7) is 0. The molecule has 82 valence electrons. The van der Waals surface area contributed by atoms with E-state index in [9.17, 15) is 18.5 Å². The van der Waals surface area contributed by atoms with Crippen molar-refractivity contribution in [3.8, 4) is 0 Å². The topological polar surface area (TPSA) is 115 Å². The van der Waals surface area contributed by atoms with Crippen molar-refractivity contribution in [1.29, 1.82) is 0 Å². The first kappa shape index (κ1) is 11.4. The number of nitrogens with two attached hydrogens (primary N) is 1. The third-order valence-corrected chi connectivity index (χ3v) is 3.19. The van der Waals surface area contributed by atoms with Gasteiger partial charge in [-0.05, 0) is 19.2 Å². The minimum Gasteiger partial charge on any atom is -0.393 e. The number of nitrogen functional groups attached to an aromatic ring is 1. The van der Waals surface area contributed by atoms with Crippen molar-refractivity contribution in [3.05, 3.63) is 28.3 Å². The van der Waals surface area contributed by atoms with Crippen LogP contribution in [0.25, 0.3) is 0 Å². The molecule has 0 spiro atoms. The number of hydrogen-bond acceptors (Lipinski definition) is 5. The normalized spacial score (nSPS) is 11.3. The van der Waals surface area contributed by atoms with E-state index in [1.165, 1.54) is 7.05 Å². The van der Waals surface area contributed by atoms with E-state index in [1.807, 2.05) is 0 Å². The molecule has 0 unspecified atom stereocenters. The van der Waals surface area contributed by atoms with Crippen LogP contribution in [-0.2, 0) is 10.0 Å². The molecule has 1 aromatic rings. The Morgan fingerprint density at radius 1 is 1.47 bits per heavy atom. The second kappa shape index (κ2) is 3.83. The van der Waals surface area contributed by atoms with Gasteiger partial charge < -0.3 is 5.73 Å². The largest absolute Gasteiger partial charge is 0.393 e. The van der Waals surface area contributed by atoms with Crippen molar-refractivity contribution < 1.29 is 13.3 Å². The molecule has 0 radical (unpaired) electrons. The van der Waals surface area contributed by atoms with Crippen LogP contribution >= 0.6 is 0 Å². The number of nitrogens with zero attached hydrogens (tertiary/aromatic N) is 1. The molecule has 0 aliphatic rings. The van der Waals surface area contributed by atoms with Gasteiger partial charge >= 0.3 is 0 Å². The fraction of sp³-hybridized carbons (Fsp3) is 0.143. The van der Waals surface area contributed by atoms with E-state index in [4.69, 9.17) is 5.73 Å². The predicted molar refractivity (Wildman–Crippen MR) is 53.8 cm³/mol. The van der Waals surface area contributed by atoms with Crippen LogP contribution in [-0.4, -0.2) is 20.4 Å². The molecule has 7 nitrogen and oxygen atoms in total. The van der Waals surface area contributed by atoms with Crippen LogP contribution < -0.4 is 10.5 Å². The zero-order valence-electron chi connectivity index (χ0n) is 7.80. The van der Waals surface area contributed by atoms with Crippen LogP contribution in [0.4, 0.5) is 11.4 Å². The number of nitrogens with one attached hydrogen (secondary N) is 1. The van der Waals surface area contributed by atoms with Crippen molar-refractivity contribution in [3.63, 3.8) is 0 Å². The Bertz CT molecular complexity index is 497. The quantitative estimate of drug-likeness (QED) is 0.434. The molecule has 0 atom stereocenters. The van der Waals surface area contributed by atoms with Gasteiger partial charge in [0.2, 0.25) is 10.0 Å². The number of sulfonamides is 1. The number of nitro benzene ring substituents is 1. The lowest BCUT2D eigenvalue weighted by atomic mass is 10.3. The summed E-state index contributed by atoms with van der Waals surface area (Å²) in [5.41, 5.74) is 4.84. The van der Waals surface area contributed by atoms with Crippen LogP contribution in [0.2, 0.25) is 0 Å². The van der Waals surface area contributed by atoms with Crippen LogP contribution in [0.15, 0.2) is 23.1 Å². The highest BCUT2D eigenvalue weighted by molar-refractivity contribution is 7.89.